The highest BCUT2D eigenvalue weighted by Crippen LogP contribution is 2.19. The van der Waals surface area contributed by atoms with Crippen LogP contribution in [-0.2, 0) is 9.47 Å². The van der Waals surface area contributed by atoms with E-state index in [2.05, 4.69) is 6.92 Å². The molecule has 0 saturated carbocycles. The summed E-state index contributed by atoms with van der Waals surface area (Å²) in [7, 11) is 0. The molecule has 0 aromatic heterocycles. The highest BCUT2D eigenvalue weighted by Gasteiger charge is 2.23. The Morgan fingerprint density at radius 2 is 1.33 bits per heavy atom. The Hall–Kier alpha value is -0.120. The Morgan fingerprint density at radius 1 is 0.867 bits per heavy atom. The molecule has 3 heteroatoms. The van der Waals surface area contributed by atoms with E-state index in [1.54, 1.807) is 0 Å². The first-order valence-corrected chi connectivity index (χ1v) is 6.13. The van der Waals surface area contributed by atoms with Crippen LogP contribution in [0.2, 0.25) is 0 Å². The van der Waals surface area contributed by atoms with Crippen molar-refractivity contribution in [2.45, 2.75) is 52.0 Å². The molecule has 0 spiro atoms. The Labute approximate surface area is 94.3 Å². The van der Waals surface area contributed by atoms with Crippen molar-refractivity contribution in [3.63, 3.8) is 0 Å². The van der Waals surface area contributed by atoms with Crippen LogP contribution in [0.5, 0.6) is 0 Å². The molecule has 3 nitrogen and oxygen atoms in total. The van der Waals surface area contributed by atoms with Crippen LogP contribution in [0.3, 0.4) is 0 Å². The van der Waals surface area contributed by atoms with Crippen molar-refractivity contribution in [1.29, 1.82) is 0 Å². The third-order valence-electron chi connectivity index (χ3n) is 2.64. The zero-order chi connectivity index (χ0) is 11.6. The van der Waals surface area contributed by atoms with Crippen LogP contribution in [-0.4, -0.2) is 32.0 Å². The maximum Gasteiger partial charge on any atom is 0.0483 e. The fourth-order valence-corrected chi connectivity index (χ4v) is 1.71. The maximum absolute atomic E-state index is 6.33. The van der Waals surface area contributed by atoms with Gasteiger partial charge in [0.15, 0.2) is 0 Å². The van der Waals surface area contributed by atoms with Crippen LogP contribution in [0.15, 0.2) is 0 Å². The Bertz CT molecular complexity index is 130. The number of ether oxygens (including phenoxy) is 2. The molecule has 0 amide bonds. The molecular weight excluding hydrogens is 190 g/mol. The van der Waals surface area contributed by atoms with E-state index in [4.69, 9.17) is 15.2 Å². The van der Waals surface area contributed by atoms with Gasteiger partial charge in [-0.15, -0.1) is 0 Å². The predicted molar refractivity (Wildman–Crippen MR) is 64.0 cm³/mol. The minimum absolute atomic E-state index is 0.0981. The van der Waals surface area contributed by atoms with Gasteiger partial charge in [-0.05, 0) is 33.1 Å². The lowest BCUT2D eigenvalue weighted by atomic mass is 9.88. The van der Waals surface area contributed by atoms with Gasteiger partial charge in [-0.3, -0.25) is 0 Å². The summed E-state index contributed by atoms with van der Waals surface area (Å²) in [5.41, 5.74) is 6.23. The van der Waals surface area contributed by atoms with Gasteiger partial charge in [0.25, 0.3) is 0 Å². The fourth-order valence-electron chi connectivity index (χ4n) is 1.71. The minimum atomic E-state index is -0.0981. The van der Waals surface area contributed by atoms with Crippen molar-refractivity contribution in [1.82, 2.24) is 0 Å². The summed E-state index contributed by atoms with van der Waals surface area (Å²) in [4.78, 5) is 0. The first-order valence-electron chi connectivity index (χ1n) is 6.13. The van der Waals surface area contributed by atoms with Gasteiger partial charge in [-0.2, -0.15) is 0 Å². The molecule has 0 unspecified atom stereocenters. The lowest BCUT2D eigenvalue weighted by molar-refractivity contribution is 0.0937. The summed E-state index contributed by atoms with van der Waals surface area (Å²) in [6, 6.07) is 0. The van der Waals surface area contributed by atoms with Gasteiger partial charge in [0.1, 0.15) is 0 Å². The van der Waals surface area contributed by atoms with Crippen molar-refractivity contribution < 1.29 is 9.47 Å². The van der Waals surface area contributed by atoms with Gasteiger partial charge in [0.05, 0.1) is 0 Å². The van der Waals surface area contributed by atoms with E-state index in [1.165, 1.54) is 0 Å². The Morgan fingerprint density at radius 3 is 1.67 bits per heavy atom. The molecule has 0 saturated heterocycles. The molecule has 0 heterocycles. The van der Waals surface area contributed by atoms with E-state index < -0.39 is 0 Å². The maximum atomic E-state index is 6.33. The summed E-state index contributed by atoms with van der Waals surface area (Å²) in [5, 5.41) is 0. The van der Waals surface area contributed by atoms with E-state index in [1.807, 2.05) is 13.8 Å². The van der Waals surface area contributed by atoms with Gasteiger partial charge in [0, 0.05) is 32.0 Å². The average Bonchev–Trinajstić information content (AvgIpc) is 2.19. The molecule has 0 aliphatic carbocycles. The topological polar surface area (TPSA) is 44.5 Å². The smallest absolute Gasteiger partial charge is 0.0483 e. The SMILES string of the molecule is CCCC(N)(CCOCC)CCOCC. The molecule has 0 aliphatic heterocycles. The molecule has 0 aliphatic rings. The summed E-state index contributed by atoms with van der Waals surface area (Å²) in [6.07, 6.45) is 4.03. The summed E-state index contributed by atoms with van der Waals surface area (Å²) >= 11 is 0. The molecule has 15 heavy (non-hydrogen) atoms. The second-order valence-corrected chi connectivity index (χ2v) is 4.01. The van der Waals surface area contributed by atoms with Gasteiger partial charge in [0.2, 0.25) is 0 Å². The molecule has 0 rings (SSSR count). The van der Waals surface area contributed by atoms with Gasteiger partial charge >= 0.3 is 0 Å². The lowest BCUT2D eigenvalue weighted by Crippen LogP contribution is -2.42. The Kier molecular flexibility index (Phi) is 9.06. The van der Waals surface area contributed by atoms with Crippen LogP contribution in [0.25, 0.3) is 0 Å². The highest BCUT2D eigenvalue weighted by molar-refractivity contribution is 4.83. The van der Waals surface area contributed by atoms with Gasteiger partial charge in [-0.1, -0.05) is 13.3 Å². The van der Waals surface area contributed by atoms with Crippen molar-refractivity contribution in [3.8, 4) is 0 Å². The number of hydrogen-bond acceptors (Lipinski definition) is 3. The fraction of sp³-hybridized carbons (Fsp3) is 1.00. The second kappa shape index (κ2) is 9.13. The van der Waals surface area contributed by atoms with E-state index in [0.717, 1.165) is 52.1 Å². The normalized spacial score (nSPS) is 12.0. The number of hydrogen-bond donors (Lipinski definition) is 1. The summed E-state index contributed by atoms with van der Waals surface area (Å²) in [6.45, 7) is 9.26. The van der Waals surface area contributed by atoms with E-state index in [-0.39, 0.29) is 5.54 Å². The summed E-state index contributed by atoms with van der Waals surface area (Å²) in [5.74, 6) is 0. The monoisotopic (exact) mass is 217 g/mol. The van der Waals surface area contributed by atoms with Gasteiger partial charge < -0.3 is 15.2 Å². The van der Waals surface area contributed by atoms with Crippen molar-refractivity contribution >= 4 is 0 Å². The van der Waals surface area contributed by atoms with E-state index in [0.29, 0.717) is 0 Å². The molecular formula is C12H27NO2. The largest absolute Gasteiger partial charge is 0.382 e. The van der Waals surface area contributed by atoms with Crippen LogP contribution in [0.4, 0.5) is 0 Å². The third-order valence-corrected chi connectivity index (χ3v) is 2.64. The average molecular weight is 217 g/mol. The van der Waals surface area contributed by atoms with Crippen LogP contribution < -0.4 is 5.73 Å². The predicted octanol–water partition coefficient (Wildman–Crippen LogP) is 2.34. The molecule has 2 N–H and O–H groups in total. The van der Waals surface area contributed by atoms with Crippen LogP contribution in [0, 0.1) is 0 Å². The van der Waals surface area contributed by atoms with Crippen molar-refractivity contribution in [3.05, 3.63) is 0 Å². The van der Waals surface area contributed by atoms with Crippen LogP contribution >= 0.6 is 0 Å². The highest BCUT2D eigenvalue weighted by atomic mass is 16.5. The first kappa shape index (κ1) is 14.9. The van der Waals surface area contributed by atoms with Gasteiger partial charge in [-0.25, -0.2) is 0 Å². The van der Waals surface area contributed by atoms with E-state index in [9.17, 15) is 0 Å². The zero-order valence-electron chi connectivity index (χ0n) is 10.6. The third kappa shape index (κ3) is 7.77. The van der Waals surface area contributed by atoms with Crippen molar-refractivity contribution in [2.75, 3.05) is 26.4 Å². The lowest BCUT2D eigenvalue weighted by Gasteiger charge is -2.29. The molecule has 0 aromatic carbocycles. The van der Waals surface area contributed by atoms with Crippen molar-refractivity contribution in [2.24, 2.45) is 5.73 Å². The summed E-state index contributed by atoms with van der Waals surface area (Å²) < 4.78 is 10.7. The minimum Gasteiger partial charge on any atom is -0.382 e. The molecule has 0 atom stereocenters. The first-order chi connectivity index (χ1) is 7.18. The number of rotatable bonds is 10. The molecule has 0 fully saturated rings. The Balaban J connectivity index is 3.83. The molecule has 0 radical (unpaired) electrons. The molecule has 0 bridgehead atoms. The second-order valence-electron chi connectivity index (χ2n) is 4.01. The van der Waals surface area contributed by atoms with Crippen LogP contribution in [0.1, 0.15) is 46.5 Å². The standard InChI is InChI=1S/C12H27NO2/c1-4-7-12(13,8-10-14-5-2)9-11-15-6-3/h4-11,13H2,1-3H3. The molecule has 0 aromatic rings. The zero-order valence-corrected chi connectivity index (χ0v) is 10.6. The quantitative estimate of drug-likeness (QED) is 0.571. The number of nitrogens with two attached hydrogens (primary N) is 1. The molecule has 92 valence electrons. The van der Waals surface area contributed by atoms with E-state index >= 15 is 0 Å².